The van der Waals surface area contributed by atoms with Crippen molar-refractivity contribution in [2.45, 2.75) is 24.9 Å². The standard InChI is InChI=1S/C17H23N5O5/c1-20-14-10-12(21-6-4-17(25,5-7-21)11-15(23)24)2-3-13(14)16(18-20)22-8-9-26-19-27-22/h2-3,10,19,25H,4-9,11H2,1H3,(H,23,24). The highest BCUT2D eigenvalue weighted by atomic mass is 17.0. The Bertz CT molecular complexity index is 840. The first kappa shape index (κ1) is 18.0. The number of carbonyl (C=O) groups is 1. The largest absolute Gasteiger partial charge is 0.481 e. The third-order valence-electron chi connectivity index (χ3n) is 5.19. The molecule has 27 heavy (non-hydrogen) atoms. The molecule has 0 atom stereocenters. The van der Waals surface area contributed by atoms with Crippen LogP contribution in [0.4, 0.5) is 11.5 Å². The summed E-state index contributed by atoms with van der Waals surface area (Å²) in [6.45, 7) is 2.27. The van der Waals surface area contributed by atoms with Crippen molar-refractivity contribution in [3.63, 3.8) is 0 Å². The molecule has 2 aromatic rings. The van der Waals surface area contributed by atoms with Crippen LogP contribution in [0.25, 0.3) is 10.9 Å². The maximum atomic E-state index is 10.9. The van der Waals surface area contributed by atoms with Crippen LogP contribution < -0.4 is 15.6 Å². The zero-order valence-electron chi connectivity index (χ0n) is 15.1. The lowest BCUT2D eigenvalue weighted by Gasteiger charge is -2.38. The van der Waals surface area contributed by atoms with Crippen molar-refractivity contribution >= 4 is 28.4 Å². The third-order valence-corrected chi connectivity index (χ3v) is 5.19. The monoisotopic (exact) mass is 377 g/mol. The normalized spacial score (nSPS) is 20.2. The lowest BCUT2D eigenvalue weighted by atomic mass is 9.88. The van der Waals surface area contributed by atoms with Crippen molar-refractivity contribution in [2.24, 2.45) is 7.05 Å². The van der Waals surface area contributed by atoms with Gasteiger partial charge in [0.1, 0.15) is 0 Å². The highest BCUT2D eigenvalue weighted by molar-refractivity contribution is 5.92. The van der Waals surface area contributed by atoms with Crippen LogP contribution in [0, 0.1) is 0 Å². The van der Waals surface area contributed by atoms with Crippen molar-refractivity contribution in [2.75, 3.05) is 36.2 Å². The summed E-state index contributed by atoms with van der Waals surface area (Å²) in [5, 5.41) is 26.5. The van der Waals surface area contributed by atoms with E-state index in [0.717, 1.165) is 16.6 Å². The summed E-state index contributed by atoms with van der Waals surface area (Å²) in [5.41, 5.74) is 3.26. The first-order chi connectivity index (χ1) is 13.0. The molecule has 2 aliphatic heterocycles. The summed E-state index contributed by atoms with van der Waals surface area (Å²) in [6, 6.07) is 6.08. The number of carboxylic acid groups (broad SMARTS) is 1. The van der Waals surface area contributed by atoms with Gasteiger partial charge in [0.15, 0.2) is 5.82 Å². The second-order valence-electron chi connectivity index (χ2n) is 7.06. The van der Waals surface area contributed by atoms with Gasteiger partial charge in [0, 0.05) is 31.2 Å². The molecule has 2 aliphatic rings. The Morgan fingerprint density at radius 2 is 2.11 bits per heavy atom. The predicted octanol–water partition coefficient (Wildman–Crippen LogP) is 0.567. The van der Waals surface area contributed by atoms with Crippen LogP contribution >= 0.6 is 0 Å². The summed E-state index contributed by atoms with van der Waals surface area (Å²) in [6.07, 6.45) is 0.654. The number of aliphatic hydroxyl groups is 1. The molecule has 0 amide bonds. The molecule has 2 fully saturated rings. The van der Waals surface area contributed by atoms with E-state index >= 15 is 0 Å². The van der Waals surface area contributed by atoms with E-state index in [9.17, 15) is 9.90 Å². The SMILES string of the molecule is Cn1nc(N2CCONO2)c2ccc(N3CCC(O)(CC(=O)O)CC3)cc21. The van der Waals surface area contributed by atoms with Crippen molar-refractivity contribution in [3.8, 4) is 0 Å². The minimum absolute atomic E-state index is 0.210. The Morgan fingerprint density at radius 3 is 2.78 bits per heavy atom. The van der Waals surface area contributed by atoms with Gasteiger partial charge in [-0.2, -0.15) is 10.0 Å². The fourth-order valence-electron chi connectivity index (χ4n) is 3.68. The maximum absolute atomic E-state index is 10.9. The van der Waals surface area contributed by atoms with Crippen LogP contribution in [0.2, 0.25) is 0 Å². The molecule has 0 bridgehead atoms. The zero-order valence-corrected chi connectivity index (χ0v) is 15.1. The molecule has 10 nitrogen and oxygen atoms in total. The highest BCUT2D eigenvalue weighted by Gasteiger charge is 2.34. The third kappa shape index (κ3) is 3.56. The Kier molecular flexibility index (Phi) is 4.64. The topological polar surface area (TPSA) is 112 Å². The fraction of sp³-hybridized carbons (Fsp3) is 0.529. The van der Waals surface area contributed by atoms with Gasteiger partial charge in [-0.25, -0.2) is 5.06 Å². The van der Waals surface area contributed by atoms with Crippen LogP contribution in [0.1, 0.15) is 19.3 Å². The second-order valence-corrected chi connectivity index (χ2v) is 7.06. The highest BCUT2D eigenvalue weighted by Crippen LogP contribution is 2.33. The molecular formula is C17H23N5O5. The number of anilines is 2. The summed E-state index contributed by atoms with van der Waals surface area (Å²) < 4.78 is 1.80. The van der Waals surface area contributed by atoms with E-state index in [0.29, 0.717) is 44.9 Å². The molecule has 146 valence electrons. The van der Waals surface area contributed by atoms with E-state index in [2.05, 4.69) is 21.7 Å². The molecule has 0 unspecified atom stereocenters. The molecule has 3 N–H and O–H groups in total. The summed E-state index contributed by atoms with van der Waals surface area (Å²) in [7, 11) is 1.88. The lowest BCUT2D eigenvalue weighted by molar-refractivity contribution is -0.210. The first-order valence-corrected chi connectivity index (χ1v) is 8.92. The molecule has 0 spiro atoms. The molecule has 4 rings (SSSR count). The van der Waals surface area contributed by atoms with E-state index in [4.69, 9.17) is 14.9 Å². The van der Waals surface area contributed by atoms with Gasteiger partial charge in [0.2, 0.25) is 0 Å². The number of rotatable bonds is 4. The van der Waals surface area contributed by atoms with Gasteiger partial charge in [0.05, 0.1) is 30.7 Å². The smallest absolute Gasteiger partial charge is 0.306 e. The number of nitrogens with zero attached hydrogens (tertiary/aromatic N) is 4. The minimum Gasteiger partial charge on any atom is -0.481 e. The number of hydrogen-bond donors (Lipinski definition) is 3. The van der Waals surface area contributed by atoms with E-state index in [-0.39, 0.29) is 6.42 Å². The molecule has 1 aromatic heterocycles. The van der Waals surface area contributed by atoms with Crippen molar-refractivity contribution in [1.82, 2.24) is 15.4 Å². The number of hydroxylamine groups is 1. The number of aryl methyl sites for hydroxylation is 1. The Hall–Kier alpha value is -2.40. The Morgan fingerprint density at radius 1 is 1.33 bits per heavy atom. The van der Waals surface area contributed by atoms with E-state index in [1.807, 2.05) is 19.2 Å². The van der Waals surface area contributed by atoms with Crippen molar-refractivity contribution in [3.05, 3.63) is 18.2 Å². The number of fused-ring (bicyclic) bond motifs is 1. The maximum Gasteiger partial charge on any atom is 0.306 e. The van der Waals surface area contributed by atoms with Crippen LogP contribution in [0.3, 0.4) is 0 Å². The Balaban J connectivity index is 1.54. The number of nitrogens with one attached hydrogen (secondary N) is 1. The van der Waals surface area contributed by atoms with Crippen LogP contribution in [0.5, 0.6) is 0 Å². The predicted molar refractivity (Wildman–Crippen MR) is 96.9 cm³/mol. The molecule has 0 aliphatic carbocycles. The summed E-state index contributed by atoms with van der Waals surface area (Å²) >= 11 is 0. The molecule has 0 radical (unpaired) electrons. The second kappa shape index (κ2) is 6.97. The fourth-order valence-corrected chi connectivity index (χ4v) is 3.68. The average molecular weight is 377 g/mol. The van der Waals surface area contributed by atoms with Crippen LogP contribution in [-0.2, 0) is 21.6 Å². The van der Waals surface area contributed by atoms with Gasteiger partial charge < -0.3 is 15.1 Å². The quantitative estimate of drug-likeness (QED) is 0.704. The molecule has 2 saturated heterocycles. The first-order valence-electron chi connectivity index (χ1n) is 8.92. The minimum atomic E-state index is -1.12. The lowest BCUT2D eigenvalue weighted by Crippen LogP contribution is -2.45. The zero-order chi connectivity index (χ0) is 19.0. The molecule has 0 saturated carbocycles. The van der Waals surface area contributed by atoms with Crippen LogP contribution in [0.15, 0.2) is 18.2 Å². The number of aromatic nitrogens is 2. The van der Waals surface area contributed by atoms with Gasteiger partial charge >= 0.3 is 5.97 Å². The summed E-state index contributed by atoms with van der Waals surface area (Å²) in [5.74, 6) is -0.251. The number of aliphatic carboxylic acids is 1. The van der Waals surface area contributed by atoms with Gasteiger partial charge in [-0.15, -0.1) is 0 Å². The molecule has 1 aromatic carbocycles. The average Bonchev–Trinajstić information content (AvgIpc) is 2.98. The number of piperidine rings is 1. The van der Waals surface area contributed by atoms with E-state index in [1.165, 1.54) is 0 Å². The van der Waals surface area contributed by atoms with Gasteiger partial charge in [-0.05, 0) is 31.0 Å². The summed E-state index contributed by atoms with van der Waals surface area (Å²) in [4.78, 5) is 23.3. The molecule has 3 heterocycles. The number of carboxylic acids is 1. The van der Waals surface area contributed by atoms with E-state index in [1.54, 1.807) is 9.75 Å². The van der Waals surface area contributed by atoms with Gasteiger partial charge in [0.25, 0.3) is 0 Å². The van der Waals surface area contributed by atoms with Crippen molar-refractivity contribution in [1.29, 1.82) is 0 Å². The van der Waals surface area contributed by atoms with Gasteiger partial charge in [-0.1, -0.05) is 5.64 Å². The van der Waals surface area contributed by atoms with Crippen molar-refractivity contribution < 1.29 is 24.8 Å². The van der Waals surface area contributed by atoms with E-state index < -0.39 is 11.6 Å². The van der Waals surface area contributed by atoms with Gasteiger partial charge in [-0.3, -0.25) is 14.3 Å². The number of hydrogen-bond acceptors (Lipinski definition) is 8. The number of benzene rings is 1. The van der Waals surface area contributed by atoms with Crippen LogP contribution in [-0.4, -0.2) is 57.8 Å². The Labute approximate surface area is 155 Å². The molecular weight excluding hydrogens is 354 g/mol. The molecule has 10 heteroatoms.